The number of carbonyl (C=O) groups excluding carboxylic acids is 3. The van der Waals surface area contributed by atoms with Crippen LogP contribution in [0.5, 0.6) is 0 Å². The fourth-order valence-corrected chi connectivity index (χ4v) is 8.71. The van der Waals surface area contributed by atoms with Crippen LogP contribution < -0.4 is 0 Å². The highest BCUT2D eigenvalue weighted by molar-refractivity contribution is 5.71. The maximum absolute atomic E-state index is 12.9. The minimum atomic E-state index is -0.799. The molecule has 0 N–H and O–H groups in total. The molecular formula is C74H120O6. The van der Waals surface area contributed by atoms with Crippen molar-refractivity contribution in [2.45, 2.75) is 290 Å². The van der Waals surface area contributed by atoms with Gasteiger partial charge in [-0.3, -0.25) is 14.4 Å². The Hall–Kier alpha value is -4.71. The molecule has 0 radical (unpaired) electrons. The summed E-state index contributed by atoms with van der Waals surface area (Å²) in [5, 5.41) is 0. The lowest BCUT2D eigenvalue weighted by Crippen LogP contribution is -2.30. The summed E-state index contributed by atoms with van der Waals surface area (Å²) >= 11 is 0. The van der Waals surface area contributed by atoms with Gasteiger partial charge in [0.25, 0.3) is 0 Å². The molecule has 0 fully saturated rings. The second-order valence-corrected chi connectivity index (χ2v) is 21.3. The smallest absolute Gasteiger partial charge is 0.306 e. The zero-order valence-electron chi connectivity index (χ0n) is 51.8. The number of rotatable bonds is 58. The molecule has 6 nitrogen and oxygen atoms in total. The SMILES string of the molecule is CC/C=C\C/C=C\C/C=C\C/C=C\C/C=C\C/C=C\C/C=C\CCCCCCCCCCCCCCCC(=O)OCC(COC(=O)CCCCCCC/C=C\CCC)OC(=O)CCCCCC/C=C\C/C=C\C/C=C\C/C=C\CC. The van der Waals surface area contributed by atoms with Crippen molar-refractivity contribution in [3.8, 4) is 0 Å². The third-order valence-corrected chi connectivity index (χ3v) is 13.5. The summed E-state index contributed by atoms with van der Waals surface area (Å²) in [7, 11) is 0. The number of ether oxygens (including phenoxy) is 3. The van der Waals surface area contributed by atoms with Gasteiger partial charge in [-0.05, 0) is 135 Å². The first-order chi connectivity index (χ1) is 39.5. The van der Waals surface area contributed by atoms with E-state index in [1.54, 1.807) is 0 Å². The van der Waals surface area contributed by atoms with E-state index in [2.05, 4.69) is 167 Å². The highest BCUT2D eigenvalue weighted by Crippen LogP contribution is 2.16. The molecule has 452 valence electrons. The Morgan fingerprint density at radius 2 is 0.487 bits per heavy atom. The van der Waals surface area contributed by atoms with E-state index in [4.69, 9.17) is 14.2 Å². The van der Waals surface area contributed by atoms with Gasteiger partial charge in [-0.15, -0.1) is 0 Å². The van der Waals surface area contributed by atoms with Crippen LogP contribution in [-0.4, -0.2) is 37.2 Å². The van der Waals surface area contributed by atoms with Gasteiger partial charge in [0, 0.05) is 19.3 Å². The van der Waals surface area contributed by atoms with Crippen molar-refractivity contribution in [1.29, 1.82) is 0 Å². The van der Waals surface area contributed by atoms with Gasteiger partial charge in [-0.25, -0.2) is 0 Å². The molecule has 1 unspecified atom stereocenters. The molecule has 0 saturated carbocycles. The lowest BCUT2D eigenvalue weighted by atomic mass is 10.0. The molecule has 0 aliphatic heterocycles. The van der Waals surface area contributed by atoms with Crippen LogP contribution in [0.1, 0.15) is 284 Å². The molecule has 0 heterocycles. The van der Waals surface area contributed by atoms with Crippen molar-refractivity contribution < 1.29 is 28.6 Å². The van der Waals surface area contributed by atoms with Gasteiger partial charge in [0.05, 0.1) is 0 Å². The van der Waals surface area contributed by atoms with Crippen LogP contribution in [0.25, 0.3) is 0 Å². The summed E-state index contributed by atoms with van der Waals surface area (Å²) in [4.78, 5) is 38.2. The standard InChI is InChI=1S/C74H120O6/c1-4-7-10-13-16-19-22-24-26-28-29-30-31-32-33-34-35-36-37-38-39-40-41-42-43-44-45-47-48-50-52-55-58-61-64-67-73(76)79-70-71(69-78-72(75)66-63-60-57-54-21-18-15-12-9-6-3)80-74(77)68-65-62-59-56-53-51-49-46-27-25-23-20-17-14-11-8-5-2/h7-8,10-12,15-17,19-20,24-27,29-30,32-33,35-36,38-39,49,51,71H,4-6,9,13-14,18,21-23,28,31,34,37,40-48,50,52-70H2,1-3H3/b10-7-,11-8-,15-12-,19-16-,20-17-,26-24-,27-25-,30-29-,33-32-,36-35-,39-38-,51-49-. The summed E-state index contributed by atoms with van der Waals surface area (Å²) in [5.74, 6) is -0.930. The number of unbranched alkanes of at least 4 members (excludes halogenated alkanes) is 23. The van der Waals surface area contributed by atoms with E-state index in [1.807, 2.05) is 0 Å². The summed E-state index contributed by atoms with van der Waals surface area (Å²) in [5.41, 5.74) is 0. The Morgan fingerprint density at radius 1 is 0.263 bits per heavy atom. The van der Waals surface area contributed by atoms with Crippen molar-refractivity contribution >= 4 is 17.9 Å². The molecule has 0 aromatic heterocycles. The molecule has 0 bridgehead atoms. The predicted molar refractivity (Wildman–Crippen MR) is 348 cm³/mol. The molecule has 0 spiro atoms. The minimum Gasteiger partial charge on any atom is -0.462 e. The van der Waals surface area contributed by atoms with E-state index >= 15 is 0 Å². The van der Waals surface area contributed by atoms with Gasteiger partial charge in [0.15, 0.2) is 6.10 Å². The highest BCUT2D eigenvalue weighted by Gasteiger charge is 2.19. The molecule has 1 atom stereocenters. The zero-order valence-corrected chi connectivity index (χ0v) is 51.8. The van der Waals surface area contributed by atoms with Crippen molar-refractivity contribution in [3.05, 3.63) is 146 Å². The van der Waals surface area contributed by atoms with E-state index in [1.165, 1.54) is 83.5 Å². The molecule has 80 heavy (non-hydrogen) atoms. The first kappa shape index (κ1) is 75.3. The van der Waals surface area contributed by atoms with Crippen molar-refractivity contribution in [1.82, 2.24) is 0 Å². The van der Waals surface area contributed by atoms with Gasteiger partial charge in [0.2, 0.25) is 0 Å². The first-order valence-electron chi connectivity index (χ1n) is 32.8. The first-order valence-corrected chi connectivity index (χ1v) is 32.8. The van der Waals surface area contributed by atoms with E-state index in [0.29, 0.717) is 19.3 Å². The topological polar surface area (TPSA) is 78.9 Å². The summed E-state index contributed by atoms with van der Waals surface area (Å²) < 4.78 is 16.9. The molecule has 0 aromatic rings. The lowest BCUT2D eigenvalue weighted by molar-refractivity contribution is -0.167. The number of allylic oxidation sites excluding steroid dienone is 24. The van der Waals surface area contributed by atoms with E-state index in [-0.39, 0.29) is 31.1 Å². The van der Waals surface area contributed by atoms with Crippen molar-refractivity contribution in [2.24, 2.45) is 0 Å². The van der Waals surface area contributed by atoms with Gasteiger partial charge in [-0.1, -0.05) is 276 Å². The fraction of sp³-hybridized carbons (Fsp3) is 0.635. The monoisotopic (exact) mass is 1100 g/mol. The molecule has 0 aliphatic carbocycles. The Labute approximate surface area is 493 Å². The number of esters is 3. The molecule has 0 aromatic carbocycles. The number of carbonyl (C=O) groups is 3. The minimum absolute atomic E-state index is 0.0942. The van der Waals surface area contributed by atoms with Crippen LogP contribution in [0.2, 0.25) is 0 Å². The molecule has 6 heteroatoms. The normalized spacial score (nSPS) is 13.1. The van der Waals surface area contributed by atoms with Crippen molar-refractivity contribution in [3.63, 3.8) is 0 Å². The third kappa shape index (κ3) is 64.1. The maximum atomic E-state index is 12.9. The van der Waals surface area contributed by atoms with Crippen LogP contribution in [0.4, 0.5) is 0 Å². The average molecular weight is 1110 g/mol. The molecule has 0 saturated heterocycles. The van der Waals surface area contributed by atoms with Gasteiger partial charge in [-0.2, -0.15) is 0 Å². The van der Waals surface area contributed by atoms with Crippen LogP contribution in [-0.2, 0) is 28.6 Å². The molecule has 0 rings (SSSR count). The second-order valence-electron chi connectivity index (χ2n) is 21.3. The largest absolute Gasteiger partial charge is 0.462 e. The third-order valence-electron chi connectivity index (χ3n) is 13.5. The Kier molecular flexibility index (Phi) is 62.9. The number of hydrogen-bond donors (Lipinski definition) is 0. The Balaban J connectivity index is 4.18. The van der Waals surface area contributed by atoms with Gasteiger partial charge in [0.1, 0.15) is 13.2 Å². The van der Waals surface area contributed by atoms with Crippen LogP contribution >= 0.6 is 0 Å². The summed E-state index contributed by atoms with van der Waals surface area (Å²) in [6.45, 7) is 6.32. The van der Waals surface area contributed by atoms with E-state index < -0.39 is 6.10 Å². The lowest BCUT2D eigenvalue weighted by Gasteiger charge is -2.18. The van der Waals surface area contributed by atoms with Gasteiger partial charge < -0.3 is 14.2 Å². The highest BCUT2D eigenvalue weighted by atomic mass is 16.6. The van der Waals surface area contributed by atoms with Gasteiger partial charge >= 0.3 is 17.9 Å². The molecular weight excluding hydrogens is 985 g/mol. The number of hydrogen-bond acceptors (Lipinski definition) is 6. The zero-order chi connectivity index (χ0) is 57.8. The fourth-order valence-electron chi connectivity index (χ4n) is 8.71. The molecule has 0 aliphatic rings. The van der Waals surface area contributed by atoms with Crippen LogP contribution in [0, 0.1) is 0 Å². The predicted octanol–water partition coefficient (Wildman–Crippen LogP) is 22.7. The summed E-state index contributed by atoms with van der Waals surface area (Å²) in [6, 6.07) is 0. The van der Waals surface area contributed by atoms with Crippen molar-refractivity contribution in [2.75, 3.05) is 13.2 Å². The second kappa shape index (κ2) is 66.8. The summed E-state index contributed by atoms with van der Waals surface area (Å²) in [6.07, 6.45) is 95.9. The average Bonchev–Trinajstić information content (AvgIpc) is 3.46. The van der Waals surface area contributed by atoms with Crippen LogP contribution in [0.15, 0.2) is 146 Å². The van der Waals surface area contributed by atoms with E-state index in [9.17, 15) is 14.4 Å². The Morgan fingerprint density at radius 3 is 0.775 bits per heavy atom. The Bertz CT molecular complexity index is 1750. The van der Waals surface area contributed by atoms with E-state index in [0.717, 1.165) is 161 Å². The maximum Gasteiger partial charge on any atom is 0.306 e. The quantitative estimate of drug-likeness (QED) is 0.0261. The van der Waals surface area contributed by atoms with Crippen LogP contribution in [0.3, 0.4) is 0 Å². The molecule has 0 amide bonds.